The highest BCUT2D eigenvalue weighted by Crippen LogP contribution is 2.36. The highest BCUT2D eigenvalue weighted by molar-refractivity contribution is 5.94. The number of methoxy groups -OCH3 is 1. The predicted molar refractivity (Wildman–Crippen MR) is 121 cm³/mol. The molecule has 8 nitrogen and oxygen atoms in total. The van der Waals surface area contributed by atoms with E-state index in [1.54, 1.807) is 16.4 Å². The number of ether oxygens (including phenoxy) is 1. The van der Waals surface area contributed by atoms with Gasteiger partial charge in [-0.3, -0.25) is 14.2 Å². The first-order valence-electron chi connectivity index (χ1n) is 10.3. The number of aryl methyl sites for hydroxylation is 4. The molecule has 8 heteroatoms. The summed E-state index contributed by atoms with van der Waals surface area (Å²) in [5.41, 5.74) is 7.16. The van der Waals surface area contributed by atoms with Gasteiger partial charge in [0.25, 0.3) is 5.56 Å². The van der Waals surface area contributed by atoms with Crippen LogP contribution < -0.4 is 15.2 Å². The fraction of sp³-hybridized carbons (Fsp3) is 0.348. The summed E-state index contributed by atoms with van der Waals surface area (Å²) in [7, 11) is 7.40. The minimum atomic E-state index is 0.0127. The molecule has 1 aromatic carbocycles. The van der Waals surface area contributed by atoms with Crippen LogP contribution in [0.4, 0.5) is 5.69 Å². The van der Waals surface area contributed by atoms with Crippen molar-refractivity contribution in [3.63, 3.8) is 0 Å². The summed E-state index contributed by atoms with van der Waals surface area (Å²) in [6.07, 6.45) is 4.76. The maximum Gasteiger partial charge on any atom is 0.253 e. The highest BCUT2D eigenvalue weighted by Gasteiger charge is 2.27. The van der Waals surface area contributed by atoms with Crippen LogP contribution in [-0.4, -0.2) is 37.8 Å². The Kier molecular flexibility index (Phi) is 4.39. The molecule has 0 atom stereocenters. The zero-order chi connectivity index (χ0) is 21.9. The molecule has 160 valence electrons. The van der Waals surface area contributed by atoms with E-state index < -0.39 is 0 Å². The Morgan fingerprint density at radius 2 is 1.94 bits per heavy atom. The molecule has 0 spiro atoms. The van der Waals surface area contributed by atoms with Crippen molar-refractivity contribution in [1.29, 1.82) is 0 Å². The average Bonchev–Trinajstić information content (AvgIpc) is 3.34. The van der Waals surface area contributed by atoms with Crippen LogP contribution in [0, 0.1) is 6.92 Å². The van der Waals surface area contributed by atoms with Gasteiger partial charge in [0.2, 0.25) is 0 Å². The van der Waals surface area contributed by atoms with Gasteiger partial charge in [0.1, 0.15) is 11.4 Å². The van der Waals surface area contributed by atoms with Gasteiger partial charge in [-0.15, -0.1) is 0 Å². The Labute approximate surface area is 180 Å². The summed E-state index contributed by atoms with van der Waals surface area (Å²) < 4.78 is 11.1. The van der Waals surface area contributed by atoms with Crippen LogP contribution >= 0.6 is 0 Å². The van der Waals surface area contributed by atoms with Gasteiger partial charge in [-0.2, -0.15) is 10.2 Å². The summed E-state index contributed by atoms with van der Waals surface area (Å²) in [6.45, 7) is 3.46. The van der Waals surface area contributed by atoms with Crippen LogP contribution in [0.25, 0.3) is 22.2 Å². The summed E-state index contributed by atoms with van der Waals surface area (Å²) in [4.78, 5) is 14.9. The normalized spacial score (nSPS) is 13.6. The molecule has 0 saturated carbocycles. The molecule has 0 amide bonds. The van der Waals surface area contributed by atoms with Crippen LogP contribution in [0.5, 0.6) is 5.75 Å². The molecule has 5 rings (SSSR count). The molecule has 1 aliphatic rings. The quantitative estimate of drug-likeness (QED) is 0.511. The van der Waals surface area contributed by atoms with E-state index in [1.807, 2.05) is 57.3 Å². The van der Waals surface area contributed by atoms with E-state index in [9.17, 15) is 4.79 Å². The summed E-state index contributed by atoms with van der Waals surface area (Å²) in [5.74, 6) is 0.741. The largest absolute Gasteiger partial charge is 0.497 e. The van der Waals surface area contributed by atoms with Crippen molar-refractivity contribution in [3.8, 4) is 17.0 Å². The second kappa shape index (κ2) is 7.01. The number of pyridine rings is 1. The van der Waals surface area contributed by atoms with Gasteiger partial charge in [-0.25, -0.2) is 0 Å². The lowest BCUT2D eigenvalue weighted by Crippen LogP contribution is -2.31. The van der Waals surface area contributed by atoms with Gasteiger partial charge in [0.05, 0.1) is 24.5 Å². The summed E-state index contributed by atoms with van der Waals surface area (Å²) in [5, 5.41) is 10.2. The van der Waals surface area contributed by atoms with Gasteiger partial charge in [-0.05, 0) is 13.0 Å². The zero-order valence-corrected chi connectivity index (χ0v) is 18.5. The average molecular weight is 419 g/mol. The summed E-state index contributed by atoms with van der Waals surface area (Å²) in [6, 6.07) is 5.99. The van der Waals surface area contributed by atoms with E-state index >= 15 is 0 Å². The highest BCUT2D eigenvalue weighted by atomic mass is 16.5. The number of anilines is 1. The molecule has 0 bridgehead atoms. The molecule has 0 radical (unpaired) electrons. The first kappa shape index (κ1) is 19.4. The fourth-order valence-electron chi connectivity index (χ4n) is 4.63. The van der Waals surface area contributed by atoms with Gasteiger partial charge in [0, 0.05) is 86.8 Å². The molecular weight excluding hydrogens is 392 g/mol. The Bertz CT molecular complexity index is 1380. The monoisotopic (exact) mass is 418 g/mol. The van der Waals surface area contributed by atoms with E-state index in [0.29, 0.717) is 0 Å². The molecule has 3 aromatic heterocycles. The van der Waals surface area contributed by atoms with E-state index in [4.69, 9.17) is 9.84 Å². The Hall–Kier alpha value is -3.55. The van der Waals surface area contributed by atoms with E-state index in [2.05, 4.69) is 16.1 Å². The van der Waals surface area contributed by atoms with Crippen molar-refractivity contribution in [2.75, 3.05) is 18.6 Å². The second-order valence-electron chi connectivity index (χ2n) is 8.24. The van der Waals surface area contributed by atoms with Gasteiger partial charge in [-0.1, -0.05) is 0 Å². The molecule has 0 N–H and O–H groups in total. The minimum absolute atomic E-state index is 0.0127. The van der Waals surface area contributed by atoms with Crippen molar-refractivity contribution < 1.29 is 4.74 Å². The van der Waals surface area contributed by atoms with Crippen molar-refractivity contribution >= 4 is 16.6 Å². The van der Waals surface area contributed by atoms with Gasteiger partial charge >= 0.3 is 0 Å². The molecule has 4 aromatic rings. The smallest absolute Gasteiger partial charge is 0.253 e. The SMILES string of the molecule is COc1cc(N2CCc3c(c(-c4cnn(C)c4)nn3C)C2)c2cc(C)c(=O)n(C)c2c1. The zero-order valence-electron chi connectivity index (χ0n) is 18.5. The minimum Gasteiger partial charge on any atom is -0.497 e. The van der Waals surface area contributed by atoms with Crippen molar-refractivity contribution in [1.82, 2.24) is 24.1 Å². The number of aromatic nitrogens is 5. The summed E-state index contributed by atoms with van der Waals surface area (Å²) >= 11 is 0. The third-order valence-corrected chi connectivity index (χ3v) is 6.27. The fourth-order valence-corrected chi connectivity index (χ4v) is 4.63. The van der Waals surface area contributed by atoms with Crippen LogP contribution in [0.3, 0.4) is 0 Å². The molecule has 1 aliphatic heterocycles. The number of benzene rings is 1. The third-order valence-electron chi connectivity index (χ3n) is 6.27. The Balaban J connectivity index is 1.66. The molecule has 0 aliphatic carbocycles. The first-order chi connectivity index (χ1) is 14.9. The lowest BCUT2D eigenvalue weighted by molar-refractivity contribution is 0.415. The number of nitrogens with zero attached hydrogens (tertiary/aromatic N) is 6. The molecular formula is C23H26N6O2. The standard InChI is InChI=1S/C23H26N6O2/c1-14-8-17-20(27(3)23(14)30)9-16(31-5)10-21(17)29-7-6-19-18(13-29)22(25-28(19)4)15-11-24-26(2)12-15/h8-12H,6-7,13H2,1-5H3. The molecule has 0 saturated heterocycles. The maximum atomic E-state index is 12.5. The number of fused-ring (bicyclic) bond motifs is 2. The van der Waals surface area contributed by atoms with Crippen molar-refractivity contribution in [3.05, 3.63) is 57.8 Å². The van der Waals surface area contributed by atoms with E-state index in [0.717, 1.165) is 58.7 Å². The van der Waals surface area contributed by atoms with Crippen LogP contribution in [0.15, 0.2) is 35.4 Å². The topological polar surface area (TPSA) is 70.1 Å². The Morgan fingerprint density at radius 3 is 2.65 bits per heavy atom. The number of rotatable bonds is 3. The second-order valence-corrected chi connectivity index (χ2v) is 8.24. The molecule has 0 unspecified atom stereocenters. The molecule has 31 heavy (non-hydrogen) atoms. The molecule has 4 heterocycles. The van der Waals surface area contributed by atoms with Gasteiger partial charge in [0.15, 0.2) is 0 Å². The molecule has 0 fully saturated rings. The number of hydrogen-bond donors (Lipinski definition) is 0. The van der Waals surface area contributed by atoms with Gasteiger partial charge < -0.3 is 14.2 Å². The number of hydrogen-bond acceptors (Lipinski definition) is 5. The van der Waals surface area contributed by atoms with Crippen LogP contribution in [-0.2, 0) is 34.1 Å². The van der Waals surface area contributed by atoms with Crippen molar-refractivity contribution in [2.24, 2.45) is 21.1 Å². The lowest BCUT2D eigenvalue weighted by atomic mass is 10.0. The van der Waals surface area contributed by atoms with Crippen LogP contribution in [0.1, 0.15) is 16.8 Å². The first-order valence-corrected chi connectivity index (χ1v) is 10.3. The maximum absolute atomic E-state index is 12.5. The van der Waals surface area contributed by atoms with E-state index in [-0.39, 0.29) is 5.56 Å². The lowest BCUT2D eigenvalue weighted by Gasteiger charge is -2.31. The van der Waals surface area contributed by atoms with Crippen molar-refractivity contribution in [2.45, 2.75) is 19.9 Å². The van der Waals surface area contributed by atoms with Crippen LogP contribution in [0.2, 0.25) is 0 Å². The third kappa shape index (κ3) is 3.01. The predicted octanol–water partition coefficient (Wildman–Crippen LogP) is 2.55. The Morgan fingerprint density at radius 1 is 1.13 bits per heavy atom. The van der Waals surface area contributed by atoms with E-state index in [1.165, 1.54) is 11.3 Å².